The Bertz CT molecular complexity index is 1190. The molecular weight excluding hydrogens is 411 g/mol. The summed E-state index contributed by atoms with van der Waals surface area (Å²) in [4.78, 5) is 27.4. The van der Waals surface area contributed by atoms with Gasteiger partial charge in [0, 0.05) is 5.56 Å². The van der Waals surface area contributed by atoms with Gasteiger partial charge >= 0.3 is 0 Å². The van der Waals surface area contributed by atoms with Crippen molar-refractivity contribution in [2.45, 2.75) is 31.0 Å². The van der Waals surface area contributed by atoms with Crippen molar-refractivity contribution in [1.82, 2.24) is 15.0 Å². The molecule has 4 rings (SSSR count). The number of benzene rings is 2. The number of hydrogen-bond donors (Lipinski definition) is 3. The molecule has 1 aliphatic heterocycles. The molecule has 1 aliphatic rings. The fraction of sp³-hybridized carbons (Fsp3) is 0.250. The van der Waals surface area contributed by atoms with E-state index in [9.17, 15) is 19.4 Å². The predicted octanol–water partition coefficient (Wildman–Crippen LogP) is 1.95. The molecule has 0 radical (unpaired) electrons. The van der Waals surface area contributed by atoms with E-state index in [0.717, 1.165) is 11.8 Å². The standard InChI is InChI=1S/C20H19FN4O4S/c1-11-22-17(24-29-11)12-3-8-15-16(9-12)23-19(30-10-20(2,27)28)25(18(15)26)14-6-4-13(21)5-7-14/h3-9,11,27-28H,10H2,1-2H3,(H,22,24). The molecule has 2 heterocycles. The van der Waals surface area contributed by atoms with Crippen LogP contribution in [0.2, 0.25) is 0 Å². The third-order valence-electron chi connectivity index (χ3n) is 4.31. The maximum absolute atomic E-state index is 13.4. The Morgan fingerprint density at radius 3 is 2.63 bits per heavy atom. The van der Waals surface area contributed by atoms with E-state index in [0.29, 0.717) is 28.0 Å². The van der Waals surface area contributed by atoms with Gasteiger partial charge in [-0.15, -0.1) is 0 Å². The lowest BCUT2D eigenvalue weighted by Crippen LogP contribution is -2.28. The van der Waals surface area contributed by atoms with Crippen molar-refractivity contribution in [3.63, 3.8) is 0 Å². The fourth-order valence-electron chi connectivity index (χ4n) is 2.94. The molecule has 0 aliphatic carbocycles. The minimum atomic E-state index is -1.96. The molecule has 1 aromatic heterocycles. The molecular formula is C20H19FN4O4S. The first-order valence-corrected chi connectivity index (χ1v) is 10.1. The van der Waals surface area contributed by atoms with Gasteiger partial charge in [0.25, 0.3) is 5.56 Å². The lowest BCUT2D eigenvalue weighted by atomic mass is 10.1. The van der Waals surface area contributed by atoms with Gasteiger partial charge in [0.05, 0.1) is 22.3 Å². The minimum absolute atomic E-state index is 0.120. The molecule has 0 saturated heterocycles. The number of aromatic nitrogens is 2. The first-order chi connectivity index (χ1) is 14.2. The molecule has 0 spiro atoms. The van der Waals surface area contributed by atoms with Crippen LogP contribution in [0.25, 0.3) is 16.6 Å². The van der Waals surface area contributed by atoms with E-state index in [4.69, 9.17) is 4.84 Å². The third-order valence-corrected chi connectivity index (χ3v) is 5.53. The van der Waals surface area contributed by atoms with Crippen LogP contribution < -0.4 is 11.0 Å². The SMILES string of the molecule is CC1N=C(c2ccc3c(=O)n(-c4ccc(F)cc4)c(SCC(C)(O)O)nc3c2)NO1. The predicted molar refractivity (Wildman–Crippen MR) is 111 cm³/mol. The molecule has 3 aromatic rings. The zero-order valence-corrected chi connectivity index (χ0v) is 17.0. The molecule has 156 valence electrons. The maximum atomic E-state index is 13.4. The summed E-state index contributed by atoms with van der Waals surface area (Å²) in [6.45, 7) is 3.03. The molecule has 3 N–H and O–H groups in total. The highest BCUT2D eigenvalue weighted by Crippen LogP contribution is 2.24. The summed E-state index contributed by atoms with van der Waals surface area (Å²) < 4.78 is 14.7. The smallest absolute Gasteiger partial charge is 0.266 e. The van der Waals surface area contributed by atoms with Crippen molar-refractivity contribution >= 4 is 28.5 Å². The zero-order chi connectivity index (χ0) is 21.5. The number of amidine groups is 1. The van der Waals surface area contributed by atoms with E-state index in [1.807, 2.05) is 0 Å². The summed E-state index contributed by atoms with van der Waals surface area (Å²) in [5, 5.41) is 20.0. The number of halogens is 1. The molecule has 10 heteroatoms. The number of aliphatic imine (C=N–C) groups is 1. The van der Waals surface area contributed by atoms with E-state index in [-0.39, 0.29) is 22.7 Å². The van der Waals surface area contributed by atoms with Gasteiger partial charge in [-0.25, -0.2) is 24.7 Å². The summed E-state index contributed by atoms with van der Waals surface area (Å²) in [6, 6.07) is 10.5. The zero-order valence-electron chi connectivity index (χ0n) is 16.2. The summed E-state index contributed by atoms with van der Waals surface area (Å²) in [7, 11) is 0. The molecule has 0 bridgehead atoms. The Morgan fingerprint density at radius 1 is 1.27 bits per heavy atom. The number of rotatable bonds is 5. The van der Waals surface area contributed by atoms with Crippen LogP contribution in [0.5, 0.6) is 0 Å². The maximum Gasteiger partial charge on any atom is 0.266 e. The van der Waals surface area contributed by atoms with Crippen LogP contribution in [-0.2, 0) is 4.84 Å². The van der Waals surface area contributed by atoms with Crippen LogP contribution in [0, 0.1) is 5.82 Å². The summed E-state index contributed by atoms with van der Waals surface area (Å²) >= 11 is 1.01. The van der Waals surface area contributed by atoms with Gasteiger partial charge in [0.2, 0.25) is 0 Å². The van der Waals surface area contributed by atoms with Crippen molar-refractivity contribution in [2.75, 3.05) is 5.75 Å². The molecule has 0 amide bonds. The Balaban J connectivity index is 1.88. The second-order valence-electron chi connectivity index (χ2n) is 7.05. The second kappa shape index (κ2) is 7.80. The molecule has 0 fully saturated rings. The minimum Gasteiger partial charge on any atom is -0.365 e. The molecule has 8 nitrogen and oxygen atoms in total. The van der Waals surface area contributed by atoms with Gasteiger partial charge in [0.1, 0.15) is 5.82 Å². The fourth-order valence-corrected chi connectivity index (χ4v) is 3.82. The largest absolute Gasteiger partial charge is 0.365 e. The second-order valence-corrected chi connectivity index (χ2v) is 7.99. The molecule has 1 atom stereocenters. The Labute approximate surface area is 175 Å². The molecule has 0 saturated carbocycles. The average molecular weight is 430 g/mol. The first-order valence-electron chi connectivity index (χ1n) is 9.11. The summed E-state index contributed by atoms with van der Waals surface area (Å²) in [6.07, 6.45) is -0.326. The Kier molecular flexibility index (Phi) is 5.33. The van der Waals surface area contributed by atoms with E-state index in [1.54, 1.807) is 25.1 Å². The van der Waals surface area contributed by atoms with Gasteiger partial charge < -0.3 is 10.2 Å². The monoisotopic (exact) mass is 430 g/mol. The van der Waals surface area contributed by atoms with Crippen LogP contribution in [0.4, 0.5) is 4.39 Å². The highest BCUT2D eigenvalue weighted by molar-refractivity contribution is 7.99. The number of hydroxylamine groups is 1. The summed E-state index contributed by atoms with van der Waals surface area (Å²) in [5.41, 5.74) is 3.91. The lowest BCUT2D eigenvalue weighted by molar-refractivity contribution is -0.123. The van der Waals surface area contributed by atoms with Gasteiger partial charge in [-0.05, 0) is 50.2 Å². The first kappa shape index (κ1) is 20.5. The number of aliphatic hydroxyl groups is 2. The normalized spacial score (nSPS) is 16.6. The molecule has 1 unspecified atom stereocenters. The van der Waals surface area contributed by atoms with Crippen LogP contribution >= 0.6 is 11.8 Å². The van der Waals surface area contributed by atoms with Crippen molar-refractivity contribution in [2.24, 2.45) is 4.99 Å². The van der Waals surface area contributed by atoms with E-state index in [1.165, 1.54) is 35.8 Å². The Hall–Kier alpha value is -2.79. The van der Waals surface area contributed by atoms with Crippen LogP contribution in [-0.4, -0.2) is 43.4 Å². The third kappa shape index (κ3) is 4.21. The number of hydrogen-bond acceptors (Lipinski definition) is 8. The van der Waals surface area contributed by atoms with E-state index < -0.39 is 11.6 Å². The summed E-state index contributed by atoms with van der Waals surface area (Å²) in [5.74, 6) is -1.98. The average Bonchev–Trinajstić information content (AvgIpc) is 3.13. The number of nitrogens with zero attached hydrogens (tertiary/aromatic N) is 3. The highest BCUT2D eigenvalue weighted by atomic mass is 32.2. The van der Waals surface area contributed by atoms with Gasteiger partial charge in [-0.1, -0.05) is 17.8 Å². The van der Waals surface area contributed by atoms with Gasteiger partial charge in [-0.2, -0.15) is 0 Å². The Morgan fingerprint density at radius 2 is 2.00 bits per heavy atom. The van der Waals surface area contributed by atoms with Gasteiger partial charge in [-0.3, -0.25) is 9.36 Å². The quantitative estimate of drug-likeness (QED) is 0.322. The van der Waals surface area contributed by atoms with Gasteiger partial charge in [0.15, 0.2) is 23.0 Å². The van der Waals surface area contributed by atoms with Crippen LogP contribution in [0.3, 0.4) is 0 Å². The number of thioether (sulfide) groups is 1. The highest BCUT2D eigenvalue weighted by Gasteiger charge is 2.21. The van der Waals surface area contributed by atoms with Crippen molar-refractivity contribution in [3.05, 3.63) is 64.2 Å². The van der Waals surface area contributed by atoms with Crippen molar-refractivity contribution in [1.29, 1.82) is 0 Å². The van der Waals surface area contributed by atoms with Crippen LogP contribution in [0.15, 0.2) is 57.4 Å². The number of nitrogens with one attached hydrogen (secondary N) is 1. The van der Waals surface area contributed by atoms with Crippen LogP contribution in [0.1, 0.15) is 19.4 Å². The van der Waals surface area contributed by atoms with Crippen molar-refractivity contribution < 1.29 is 19.4 Å². The molecule has 2 aromatic carbocycles. The van der Waals surface area contributed by atoms with E-state index >= 15 is 0 Å². The van der Waals surface area contributed by atoms with E-state index in [2.05, 4.69) is 15.5 Å². The lowest BCUT2D eigenvalue weighted by Gasteiger charge is -2.17. The topological polar surface area (TPSA) is 109 Å². The number of fused-ring (bicyclic) bond motifs is 1. The van der Waals surface area contributed by atoms with Crippen molar-refractivity contribution in [3.8, 4) is 5.69 Å². The molecule has 30 heavy (non-hydrogen) atoms.